The molecule has 8 heteroatoms. The van der Waals surface area contributed by atoms with E-state index in [9.17, 15) is 4.79 Å². The van der Waals surface area contributed by atoms with Crippen LogP contribution in [0.2, 0.25) is 5.15 Å². The van der Waals surface area contributed by atoms with Gasteiger partial charge in [0.1, 0.15) is 5.15 Å². The van der Waals surface area contributed by atoms with E-state index in [2.05, 4.69) is 25.8 Å². The number of carbonyl (C=O) groups is 1. The number of pyridine rings is 1. The molecule has 0 aliphatic carbocycles. The van der Waals surface area contributed by atoms with Crippen LogP contribution in [0, 0.1) is 0 Å². The zero-order valence-corrected chi connectivity index (χ0v) is 12.3. The molecule has 0 saturated heterocycles. The van der Waals surface area contributed by atoms with Crippen molar-refractivity contribution < 1.29 is 4.79 Å². The fraction of sp³-hybridized carbons (Fsp3) is 0.0714. The molecule has 1 N–H and O–H groups in total. The molecule has 0 bridgehead atoms. The van der Waals surface area contributed by atoms with E-state index in [1.807, 2.05) is 12.1 Å². The number of amides is 1. The zero-order valence-electron chi connectivity index (χ0n) is 11.6. The van der Waals surface area contributed by atoms with E-state index in [-0.39, 0.29) is 11.1 Å². The lowest BCUT2D eigenvalue weighted by atomic mass is 10.2. The molecule has 0 unspecified atom stereocenters. The molecule has 0 radical (unpaired) electrons. The molecule has 0 spiro atoms. The van der Waals surface area contributed by atoms with Crippen molar-refractivity contribution in [3.05, 3.63) is 53.3 Å². The fourth-order valence-corrected chi connectivity index (χ4v) is 2.10. The molecular weight excluding hydrogens is 304 g/mol. The highest BCUT2D eigenvalue weighted by Gasteiger charge is 2.09. The number of tetrazole rings is 1. The quantitative estimate of drug-likeness (QED) is 0.749. The fourth-order valence-electron chi connectivity index (χ4n) is 1.92. The standard InChI is InChI=1S/C14H11ClN6O/c1-21-13(18-19-20-21)9-2-4-11(5-3-9)17-14(22)10-6-7-16-12(15)8-10/h2-8H,1H3,(H,17,22). The van der Waals surface area contributed by atoms with Crippen LogP contribution in [0.3, 0.4) is 0 Å². The lowest BCUT2D eigenvalue weighted by Crippen LogP contribution is -2.11. The third kappa shape index (κ3) is 2.94. The van der Waals surface area contributed by atoms with Crippen LogP contribution >= 0.6 is 11.6 Å². The van der Waals surface area contributed by atoms with Crippen molar-refractivity contribution in [1.82, 2.24) is 25.2 Å². The van der Waals surface area contributed by atoms with E-state index in [1.54, 1.807) is 29.9 Å². The van der Waals surface area contributed by atoms with E-state index in [0.717, 1.165) is 5.56 Å². The number of aryl methyl sites for hydroxylation is 1. The molecule has 1 aromatic carbocycles. The zero-order chi connectivity index (χ0) is 15.5. The molecule has 7 nitrogen and oxygen atoms in total. The maximum atomic E-state index is 12.1. The summed E-state index contributed by atoms with van der Waals surface area (Å²) in [7, 11) is 1.76. The van der Waals surface area contributed by atoms with Gasteiger partial charge in [-0.05, 0) is 46.8 Å². The number of rotatable bonds is 3. The summed E-state index contributed by atoms with van der Waals surface area (Å²) in [6.07, 6.45) is 1.49. The van der Waals surface area contributed by atoms with Crippen molar-refractivity contribution in [3.8, 4) is 11.4 Å². The number of hydrogen-bond donors (Lipinski definition) is 1. The van der Waals surface area contributed by atoms with Gasteiger partial charge in [-0.2, -0.15) is 0 Å². The number of nitrogens with one attached hydrogen (secondary N) is 1. The Kier molecular flexibility index (Phi) is 3.80. The van der Waals surface area contributed by atoms with E-state index in [4.69, 9.17) is 11.6 Å². The maximum absolute atomic E-state index is 12.1. The van der Waals surface area contributed by atoms with Gasteiger partial charge < -0.3 is 5.32 Å². The van der Waals surface area contributed by atoms with Gasteiger partial charge in [-0.3, -0.25) is 4.79 Å². The Labute approximate surface area is 130 Å². The number of anilines is 1. The van der Waals surface area contributed by atoms with E-state index in [0.29, 0.717) is 17.1 Å². The summed E-state index contributed by atoms with van der Waals surface area (Å²) in [6.45, 7) is 0. The number of nitrogens with zero attached hydrogens (tertiary/aromatic N) is 5. The van der Waals surface area contributed by atoms with Gasteiger partial charge >= 0.3 is 0 Å². The lowest BCUT2D eigenvalue weighted by Gasteiger charge is -2.06. The maximum Gasteiger partial charge on any atom is 0.255 e. The Bertz CT molecular complexity index is 814. The van der Waals surface area contributed by atoms with Crippen LogP contribution in [0.4, 0.5) is 5.69 Å². The first-order chi connectivity index (χ1) is 10.6. The summed E-state index contributed by atoms with van der Waals surface area (Å²) in [6, 6.07) is 10.3. The van der Waals surface area contributed by atoms with Crippen LogP contribution in [0.15, 0.2) is 42.6 Å². The van der Waals surface area contributed by atoms with Gasteiger partial charge in [0, 0.05) is 30.1 Å². The van der Waals surface area contributed by atoms with Crippen LogP contribution in [0.25, 0.3) is 11.4 Å². The van der Waals surface area contributed by atoms with Gasteiger partial charge in [-0.25, -0.2) is 9.67 Å². The molecule has 0 saturated carbocycles. The van der Waals surface area contributed by atoms with Gasteiger partial charge in [0.05, 0.1) is 0 Å². The number of halogens is 1. The second-order valence-electron chi connectivity index (χ2n) is 4.52. The largest absolute Gasteiger partial charge is 0.322 e. The Morgan fingerprint density at radius 1 is 1.23 bits per heavy atom. The minimum absolute atomic E-state index is 0.252. The van der Waals surface area contributed by atoms with Crippen molar-refractivity contribution in [2.45, 2.75) is 0 Å². The minimum Gasteiger partial charge on any atom is -0.322 e. The highest BCUT2D eigenvalue weighted by atomic mass is 35.5. The minimum atomic E-state index is -0.252. The number of benzene rings is 1. The Balaban J connectivity index is 1.76. The second kappa shape index (κ2) is 5.90. The van der Waals surface area contributed by atoms with E-state index >= 15 is 0 Å². The number of carbonyl (C=O) groups excluding carboxylic acids is 1. The average molecular weight is 315 g/mol. The third-order valence-electron chi connectivity index (χ3n) is 3.01. The molecule has 0 aliphatic rings. The predicted molar refractivity (Wildman–Crippen MR) is 81.4 cm³/mol. The normalized spacial score (nSPS) is 10.5. The van der Waals surface area contributed by atoms with Crippen molar-refractivity contribution in [1.29, 1.82) is 0 Å². The second-order valence-corrected chi connectivity index (χ2v) is 4.91. The highest BCUT2D eigenvalue weighted by Crippen LogP contribution is 2.18. The molecule has 110 valence electrons. The molecule has 22 heavy (non-hydrogen) atoms. The molecule has 0 fully saturated rings. The van der Waals surface area contributed by atoms with Crippen molar-refractivity contribution in [3.63, 3.8) is 0 Å². The molecule has 2 heterocycles. The van der Waals surface area contributed by atoms with Gasteiger partial charge in [0.25, 0.3) is 5.91 Å². The molecule has 2 aromatic heterocycles. The number of aromatic nitrogens is 5. The topological polar surface area (TPSA) is 85.6 Å². The Morgan fingerprint density at radius 2 is 2.00 bits per heavy atom. The summed E-state index contributed by atoms with van der Waals surface area (Å²) >= 11 is 5.77. The summed E-state index contributed by atoms with van der Waals surface area (Å²) in [4.78, 5) is 15.9. The smallest absolute Gasteiger partial charge is 0.255 e. The molecule has 0 atom stereocenters. The van der Waals surface area contributed by atoms with Crippen LogP contribution in [0.1, 0.15) is 10.4 Å². The van der Waals surface area contributed by atoms with Gasteiger partial charge in [-0.1, -0.05) is 11.6 Å². The first-order valence-corrected chi connectivity index (χ1v) is 6.77. The molecule has 3 rings (SSSR count). The lowest BCUT2D eigenvalue weighted by molar-refractivity contribution is 0.102. The Morgan fingerprint density at radius 3 is 2.64 bits per heavy atom. The highest BCUT2D eigenvalue weighted by molar-refractivity contribution is 6.29. The van der Waals surface area contributed by atoms with Crippen molar-refractivity contribution in [2.75, 3.05) is 5.32 Å². The van der Waals surface area contributed by atoms with Gasteiger partial charge in [0.2, 0.25) is 0 Å². The van der Waals surface area contributed by atoms with Gasteiger partial charge in [0.15, 0.2) is 5.82 Å². The SMILES string of the molecule is Cn1nnnc1-c1ccc(NC(=O)c2ccnc(Cl)c2)cc1. The summed E-state index contributed by atoms with van der Waals surface area (Å²) < 4.78 is 1.58. The monoisotopic (exact) mass is 314 g/mol. The summed E-state index contributed by atoms with van der Waals surface area (Å²) in [5, 5.41) is 14.4. The molecule has 0 aliphatic heterocycles. The average Bonchev–Trinajstić information content (AvgIpc) is 2.94. The van der Waals surface area contributed by atoms with Crippen LogP contribution in [-0.4, -0.2) is 31.1 Å². The third-order valence-corrected chi connectivity index (χ3v) is 3.22. The summed E-state index contributed by atoms with van der Waals surface area (Å²) in [5.41, 5.74) is 1.97. The van der Waals surface area contributed by atoms with E-state index < -0.39 is 0 Å². The molecule has 3 aromatic rings. The Hall–Kier alpha value is -2.80. The van der Waals surface area contributed by atoms with E-state index in [1.165, 1.54) is 12.3 Å². The van der Waals surface area contributed by atoms with Gasteiger partial charge in [-0.15, -0.1) is 5.10 Å². The molecular formula is C14H11ClN6O. The van der Waals surface area contributed by atoms with Crippen molar-refractivity contribution in [2.24, 2.45) is 7.05 Å². The van der Waals surface area contributed by atoms with Crippen molar-refractivity contribution >= 4 is 23.2 Å². The number of hydrogen-bond acceptors (Lipinski definition) is 5. The summed E-state index contributed by atoms with van der Waals surface area (Å²) in [5.74, 6) is 0.399. The van der Waals surface area contributed by atoms with Crippen LogP contribution < -0.4 is 5.32 Å². The first-order valence-electron chi connectivity index (χ1n) is 6.39. The molecule has 1 amide bonds. The van der Waals surface area contributed by atoms with Crippen LogP contribution in [0.5, 0.6) is 0 Å². The predicted octanol–water partition coefficient (Wildman–Crippen LogP) is 2.18. The van der Waals surface area contributed by atoms with Crippen LogP contribution in [-0.2, 0) is 7.05 Å². The first kappa shape index (κ1) is 14.2.